The average Bonchev–Trinajstić information content (AvgIpc) is 3.14. The summed E-state index contributed by atoms with van der Waals surface area (Å²) in [5.74, 6) is -3.89. The third-order valence-corrected chi connectivity index (χ3v) is 5.18. The Bertz CT molecular complexity index is 1190. The molecule has 0 unspecified atom stereocenters. The van der Waals surface area contributed by atoms with Gasteiger partial charge in [0.2, 0.25) is 11.6 Å². The Balaban J connectivity index is 1.90. The molecule has 0 aliphatic rings. The summed E-state index contributed by atoms with van der Waals surface area (Å²) in [5.41, 5.74) is -0.412. The molecule has 2 aromatic carbocycles. The minimum Gasteiger partial charge on any atom is -0.307 e. The fourth-order valence-corrected chi connectivity index (χ4v) is 3.44. The van der Waals surface area contributed by atoms with E-state index in [1.165, 1.54) is 12.1 Å². The Hall–Kier alpha value is -3.62. The predicted molar refractivity (Wildman–Crippen MR) is 97.1 cm³/mol. The molecule has 1 heterocycles. The molecule has 1 aromatic heterocycles. The Morgan fingerprint density at radius 1 is 0.812 bits per heavy atom. The molecule has 0 aliphatic heterocycles. The van der Waals surface area contributed by atoms with Crippen LogP contribution >= 0.6 is 0 Å². The molecule has 15 heteroatoms. The van der Waals surface area contributed by atoms with Crippen LogP contribution in [0.2, 0.25) is 0 Å². The van der Waals surface area contributed by atoms with Gasteiger partial charge in [0.15, 0.2) is 0 Å². The van der Waals surface area contributed by atoms with Crippen LogP contribution < -0.4 is 10.0 Å². The van der Waals surface area contributed by atoms with E-state index in [1.807, 2.05) is 0 Å². The second-order valence-corrected chi connectivity index (χ2v) is 7.78. The number of rotatable bonds is 4. The maximum atomic E-state index is 13.1. The van der Waals surface area contributed by atoms with Gasteiger partial charge in [0.05, 0.1) is 4.90 Å². The maximum Gasteiger partial charge on any atom is 0.452 e. The van der Waals surface area contributed by atoms with Crippen molar-refractivity contribution in [2.75, 3.05) is 5.32 Å². The van der Waals surface area contributed by atoms with Gasteiger partial charge in [0, 0.05) is 11.4 Å². The molecule has 170 valence electrons. The summed E-state index contributed by atoms with van der Waals surface area (Å²) in [4.78, 5) is 11.3. The van der Waals surface area contributed by atoms with Crippen LogP contribution in [-0.2, 0) is 22.4 Å². The number of hydrogen-bond acceptors (Lipinski definition) is 5. The van der Waals surface area contributed by atoms with Crippen molar-refractivity contribution in [1.29, 1.82) is 0 Å². The van der Waals surface area contributed by atoms with E-state index in [0.29, 0.717) is 12.1 Å². The first-order valence-corrected chi connectivity index (χ1v) is 9.86. The third kappa shape index (κ3) is 4.99. The molecule has 2 amide bonds. The molecule has 0 bridgehead atoms. The normalized spacial score (nSPS) is 12.4. The van der Waals surface area contributed by atoms with E-state index in [2.05, 4.69) is 15.5 Å². The highest BCUT2D eigenvalue weighted by Crippen LogP contribution is 2.36. The first-order chi connectivity index (χ1) is 14.8. The number of sulfonamides is 1. The van der Waals surface area contributed by atoms with Gasteiger partial charge in [-0.25, -0.2) is 17.9 Å². The molecular weight excluding hydrogens is 468 g/mol. The molecule has 0 spiro atoms. The number of halogens is 6. The maximum absolute atomic E-state index is 13.1. The van der Waals surface area contributed by atoms with Crippen LogP contribution in [0.5, 0.6) is 0 Å². The highest BCUT2D eigenvalue weighted by Gasteiger charge is 2.45. The number of carbonyl (C=O) groups excluding carboxylic acids is 1. The lowest BCUT2D eigenvalue weighted by molar-refractivity contribution is -0.153. The minimum atomic E-state index is -5.27. The highest BCUT2D eigenvalue weighted by molar-refractivity contribution is 7.90. The Morgan fingerprint density at radius 2 is 1.31 bits per heavy atom. The highest BCUT2D eigenvalue weighted by atomic mass is 32.2. The molecule has 0 saturated carbocycles. The quantitative estimate of drug-likeness (QED) is 0.554. The van der Waals surface area contributed by atoms with Crippen LogP contribution in [-0.4, -0.2) is 29.2 Å². The number of benzene rings is 2. The van der Waals surface area contributed by atoms with E-state index in [-0.39, 0.29) is 10.3 Å². The third-order valence-electron chi connectivity index (χ3n) is 3.83. The molecule has 3 rings (SSSR count). The van der Waals surface area contributed by atoms with Gasteiger partial charge in [-0.2, -0.15) is 26.3 Å². The number of carbonyl (C=O) groups is 1. The largest absolute Gasteiger partial charge is 0.452 e. The van der Waals surface area contributed by atoms with Gasteiger partial charge >= 0.3 is 18.4 Å². The van der Waals surface area contributed by atoms with E-state index < -0.39 is 50.6 Å². The number of hydrogen-bond donors (Lipinski definition) is 2. The first-order valence-electron chi connectivity index (χ1n) is 8.38. The van der Waals surface area contributed by atoms with Crippen molar-refractivity contribution in [3.05, 3.63) is 66.2 Å². The summed E-state index contributed by atoms with van der Waals surface area (Å²) in [6.07, 6.45) is -10.5. The SMILES string of the molecule is O=C(Nc1ccccc1)NS(=O)(=O)c1ccc(-n2c(C(F)(F)F)nnc2C(F)(F)F)cc1. The number of aromatic nitrogens is 3. The van der Waals surface area contributed by atoms with Crippen molar-refractivity contribution >= 4 is 21.7 Å². The second-order valence-electron chi connectivity index (χ2n) is 6.10. The Morgan fingerprint density at radius 3 is 1.78 bits per heavy atom. The number of urea groups is 1. The van der Waals surface area contributed by atoms with Crippen molar-refractivity contribution in [2.24, 2.45) is 0 Å². The lowest BCUT2D eigenvalue weighted by Gasteiger charge is -2.14. The Labute approximate surface area is 175 Å². The number of nitrogens with zero attached hydrogens (tertiary/aromatic N) is 3. The van der Waals surface area contributed by atoms with Crippen molar-refractivity contribution in [3.8, 4) is 5.69 Å². The van der Waals surface area contributed by atoms with E-state index in [0.717, 1.165) is 12.1 Å². The summed E-state index contributed by atoms with van der Waals surface area (Å²) in [6, 6.07) is 9.50. The lowest BCUT2D eigenvalue weighted by atomic mass is 10.3. The van der Waals surface area contributed by atoms with E-state index in [1.54, 1.807) is 22.9 Å². The molecule has 32 heavy (non-hydrogen) atoms. The smallest absolute Gasteiger partial charge is 0.307 e. The average molecular weight is 479 g/mol. The van der Waals surface area contributed by atoms with Crippen LogP contribution in [0, 0.1) is 0 Å². The second kappa shape index (κ2) is 8.14. The zero-order valence-electron chi connectivity index (χ0n) is 15.4. The van der Waals surface area contributed by atoms with Crippen molar-refractivity contribution in [1.82, 2.24) is 19.5 Å². The van der Waals surface area contributed by atoms with Crippen LogP contribution in [0.4, 0.5) is 36.8 Å². The molecule has 8 nitrogen and oxygen atoms in total. The van der Waals surface area contributed by atoms with Gasteiger partial charge in [-0.05, 0) is 36.4 Å². The molecule has 0 fully saturated rings. The van der Waals surface area contributed by atoms with Gasteiger partial charge < -0.3 is 5.32 Å². The fraction of sp³-hybridized carbons (Fsp3) is 0.118. The number of nitrogens with one attached hydrogen (secondary N) is 2. The van der Waals surface area contributed by atoms with Crippen molar-refractivity contribution in [2.45, 2.75) is 17.2 Å². The van der Waals surface area contributed by atoms with Crippen molar-refractivity contribution < 1.29 is 39.6 Å². The number of amides is 2. The molecule has 0 atom stereocenters. The van der Waals surface area contributed by atoms with Crippen molar-refractivity contribution in [3.63, 3.8) is 0 Å². The summed E-state index contributed by atoms with van der Waals surface area (Å²) >= 11 is 0. The van der Waals surface area contributed by atoms with E-state index in [4.69, 9.17) is 0 Å². The molecule has 2 N–H and O–H groups in total. The van der Waals surface area contributed by atoms with Gasteiger partial charge in [-0.15, -0.1) is 10.2 Å². The molecule has 0 radical (unpaired) electrons. The van der Waals surface area contributed by atoms with Gasteiger partial charge in [0.25, 0.3) is 10.0 Å². The molecule has 0 saturated heterocycles. The van der Waals surface area contributed by atoms with Crippen LogP contribution in [0.3, 0.4) is 0 Å². The zero-order valence-corrected chi connectivity index (χ0v) is 16.3. The lowest BCUT2D eigenvalue weighted by Crippen LogP contribution is -2.34. The predicted octanol–water partition coefficient (Wildman–Crippen LogP) is 3.82. The number of para-hydroxylation sites is 1. The first kappa shape index (κ1) is 23.1. The zero-order chi connectivity index (χ0) is 23.7. The Kier molecular flexibility index (Phi) is 5.86. The van der Waals surface area contributed by atoms with Crippen LogP contribution in [0.25, 0.3) is 5.69 Å². The molecular formula is C17H11F6N5O3S. The summed E-state index contributed by atoms with van der Waals surface area (Å²) in [6.45, 7) is 0. The van der Waals surface area contributed by atoms with E-state index in [9.17, 15) is 39.6 Å². The molecule has 3 aromatic rings. The van der Waals surface area contributed by atoms with Crippen LogP contribution in [0.15, 0.2) is 59.5 Å². The topological polar surface area (TPSA) is 106 Å². The number of anilines is 1. The number of alkyl halides is 6. The monoisotopic (exact) mass is 479 g/mol. The fourth-order valence-electron chi connectivity index (χ4n) is 2.53. The van der Waals surface area contributed by atoms with Gasteiger partial charge in [-0.3, -0.25) is 4.57 Å². The minimum absolute atomic E-state index is 0.280. The van der Waals surface area contributed by atoms with E-state index >= 15 is 0 Å². The molecule has 0 aliphatic carbocycles. The van der Waals surface area contributed by atoms with Gasteiger partial charge in [0.1, 0.15) is 0 Å². The standard InChI is InChI=1S/C17H11F6N5O3S/c18-16(19,20)13-25-26-14(17(21,22)23)28(13)11-6-8-12(9-7-11)32(30,31)27-15(29)24-10-4-2-1-3-5-10/h1-9H,(H2,24,27,29). The summed E-state index contributed by atoms with van der Waals surface area (Å²) in [5, 5.41) is 7.38. The van der Waals surface area contributed by atoms with Crippen LogP contribution in [0.1, 0.15) is 11.6 Å². The summed E-state index contributed by atoms with van der Waals surface area (Å²) < 4.78 is 105. The summed E-state index contributed by atoms with van der Waals surface area (Å²) in [7, 11) is -4.49. The van der Waals surface area contributed by atoms with Gasteiger partial charge in [-0.1, -0.05) is 18.2 Å².